The van der Waals surface area contributed by atoms with Crippen LogP contribution in [-0.4, -0.2) is 32.7 Å². The maximum Gasteiger partial charge on any atom is 0.251 e. The number of pyridine rings is 1. The predicted octanol–water partition coefficient (Wildman–Crippen LogP) is 2.35. The fourth-order valence-electron chi connectivity index (χ4n) is 2.58. The molecule has 0 saturated carbocycles. The number of aryl methyl sites for hydroxylation is 2. The van der Waals surface area contributed by atoms with E-state index < -0.39 is 9.84 Å². The molecule has 0 bridgehead atoms. The van der Waals surface area contributed by atoms with Gasteiger partial charge in [-0.3, -0.25) is 9.78 Å². The van der Waals surface area contributed by atoms with Crippen molar-refractivity contribution >= 4 is 15.7 Å². The first-order valence-corrected chi connectivity index (χ1v) is 9.62. The van der Waals surface area contributed by atoms with Crippen LogP contribution in [0.25, 0.3) is 0 Å². The molecule has 1 aromatic carbocycles. The van der Waals surface area contributed by atoms with Gasteiger partial charge in [0, 0.05) is 29.1 Å². The van der Waals surface area contributed by atoms with Gasteiger partial charge in [-0.25, -0.2) is 8.42 Å². The number of carbonyl (C=O) groups excluding carboxylic acids is 1. The molecule has 0 atom stereocenters. The largest absolute Gasteiger partial charge is 0.496 e. The van der Waals surface area contributed by atoms with Gasteiger partial charge in [0.1, 0.15) is 5.75 Å². The van der Waals surface area contributed by atoms with Crippen molar-refractivity contribution < 1.29 is 17.9 Å². The number of carbonyl (C=O) groups is 1. The number of rotatable bonds is 5. The lowest BCUT2D eigenvalue weighted by Crippen LogP contribution is -2.25. The third-order valence-electron chi connectivity index (χ3n) is 4.05. The van der Waals surface area contributed by atoms with Crippen LogP contribution < -0.4 is 10.1 Å². The molecule has 0 unspecified atom stereocenters. The van der Waals surface area contributed by atoms with Gasteiger partial charge < -0.3 is 10.1 Å². The minimum atomic E-state index is -3.37. The number of sulfone groups is 1. The lowest BCUT2D eigenvalue weighted by Gasteiger charge is -2.13. The SMILES string of the molecule is COc1c(C)cnc(CNC(=O)c2cc(S(C)(=O)=O)ccc2C)c1C. The highest BCUT2D eigenvalue weighted by Crippen LogP contribution is 2.24. The summed E-state index contributed by atoms with van der Waals surface area (Å²) in [6.45, 7) is 5.78. The van der Waals surface area contributed by atoms with Gasteiger partial charge in [0.2, 0.25) is 0 Å². The lowest BCUT2D eigenvalue weighted by molar-refractivity contribution is 0.0949. The van der Waals surface area contributed by atoms with Crippen molar-refractivity contribution in [3.63, 3.8) is 0 Å². The summed E-state index contributed by atoms with van der Waals surface area (Å²) in [7, 11) is -1.78. The summed E-state index contributed by atoms with van der Waals surface area (Å²) in [4.78, 5) is 16.9. The smallest absolute Gasteiger partial charge is 0.251 e. The molecular weight excluding hydrogens is 340 g/mol. The van der Waals surface area contributed by atoms with Crippen molar-refractivity contribution in [3.8, 4) is 5.75 Å². The number of hydrogen-bond donors (Lipinski definition) is 1. The zero-order chi connectivity index (χ0) is 18.8. The van der Waals surface area contributed by atoms with E-state index in [-0.39, 0.29) is 17.3 Å². The molecule has 1 heterocycles. The van der Waals surface area contributed by atoms with E-state index in [4.69, 9.17) is 4.74 Å². The van der Waals surface area contributed by atoms with Crippen molar-refractivity contribution in [2.75, 3.05) is 13.4 Å². The molecule has 0 radical (unpaired) electrons. The summed E-state index contributed by atoms with van der Waals surface area (Å²) in [6, 6.07) is 4.53. The highest BCUT2D eigenvalue weighted by atomic mass is 32.2. The van der Waals surface area contributed by atoms with Crippen LogP contribution in [-0.2, 0) is 16.4 Å². The number of methoxy groups -OCH3 is 1. The molecule has 0 saturated heterocycles. The zero-order valence-corrected chi connectivity index (χ0v) is 15.8. The summed E-state index contributed by atoms with van der Waals surface area (Å²) in [5, 5.41) is 2.79. The fourth-order valence-corrected chi connectivity index (χ4v) is 3.23. The molecule has 0 fully saturated rings. The maximum absolute atomic E-state index is 12.5. The second kappa shape index (κ2) is 7.23. The first-order valence-electron chi connectivity index (χ1n) is 7.73. The van der Waals surface area contributed by atoms with Crippen LogP contribution >= 0.6 is 0 Å². The van der Waals surface area contributed by atoms with Crippen LogP contribution in [0.1, 0.15) is 32.7 Å². The van der Waals surface area contributed by atoms with Crippen molar-refractivity contribution in [2.45, 2.75) is 32.2 Å². The quantitative estimate of drug-likeness (QED) is 0.882. The Balaban J connectivity index is 2.24. The monoisotopic (exact) mass is 362 g/mol. The van der Waals surface area contributed by atoms with E-state index in [0.29, 0.717) is 16.8 Å². The van der Waals surface area contributed by atoms with E-state index in [1.54, 1.807) is 26.3 Å². The minimum Gasteiger partial charge on any atom is -0.496 e. The van der Waals surface area contributed by atoms with Gasteiger partial charge in [0.15, 0.2) is 9.84 Å². The molecule has 0 spiro atoms. The first kappa shape index (κ1) is 18.9. The van der Waals surface area contributed by atoms with Gasteiger partial charge in [0.05, 0.1) is 24.2 Å². The standard InChI is InChI=1S/C18H22N2O4S/c1-11-6-7-14(25(5,22)23)8-15(11)18(21)20-10-16-13(3)17(24-4)12(2)9-19-16/h6-9H,10H2,1-5H3,(H,20,21). The van der Waals surface area contributed by atoms with Crippen molar-refractivity contribution in [1.29, 1.82) is 0 Å². The highest BCUT2D eigenvalue weighted by molar-refractivity contribution is 7.90. The minimum absolute atomic E-state index is 0.120. The Morgan fingerprint density at radius 1 is 1.20 bits per heavy atom. The van der Waals surface area contributed by atoms with E-state index in [1.807, 2.05) is 13.8 Å². The van der Waals surface area contributed by atoms with Crippen LogP contribution in [0, 0.1) is 20.8 Å². The Hall–Kier alpha value is -2.41. The molecule has 1 amide bonds. The van der Waals surface area contributed by atoms with Crippen molar-refractivity contribution in [1.82, 2.24) is 10.3 Å². The molecule has 2 aromatic rings. The Morgan fingerprint density at radius 3 is 2.48 bits per heavy atom. The molecule has 0 aliphatic heterocycles. The van der Waals surface area contributed by atoms with Gasteiger partial charge in [-0.05, 0) is 38.5 Å². The predicted molar refractivity (Wildman–Crippen MR) is 95.7 cm³/mol. The number of aromatic nitrogens is 1. The van der Waals surface area contributed by atoms with Crippen molar-refractivity contribution in [3.05, 3.63) is 52.3 Å². The van der Waals surface area contributed by atoms with E-state index >= 15 is 0 Å². The van der Waals surface area contributed by atoms with Gasteiger partial charge in [-0.1, -0.05) is 6.07 Å². The molecule has 1 aromatic heterocycles. The van der Waals surface area contributed by atoms with Gasteiger partial charge >= 0.3 is 0 Å². The second-order valence-electron chi connectivity index (χ2n) is 5.98. The first-order chi connectivity index (χ1) is 11.6. The lowest BCUT2D eigenvalue weighted by atomic mass is 10.1. The second-order valence-corrected chi connectivity index (χ2v) is 7.99. The molecule has 6 nitrogen and oxygen atoms in total. The summed E-state index contributed by atoms with van der Waals surface area (Å²) in [6.07, 6.45) is 2.81. The number of hydrogen-bond acceptors (Lipinski definition) is 5. The maximum atomic E-state index is 12.5. The van der Waals surface area contributed by atoms with E-state index in [0.717, 1.165) is 23.1 Å². The number of amides is 1. The highest BCUT2D eigenvalue weighted by Gasteiger charge is 2.16. The van der Waals surface area contributed by atoms with E-state index in [2.05, 4.69) is 10.3 Å². The fraction of sp³-hybridized carbons (Fsp3) is 0.333. The Kier molecular flexibility index (Phi) is 5.47. The number of nitrogens with zero attached hydrogens (tertiary/aromatic N) is 1. The topological polar surface area (TPSA) is 85.4 Å². The average molecular weight is 362 g/mol. The molecule has 1 N–H and O–H groups in total. The van der Waals surface area contributed by atoms with E-state index in [9.17, 15) is 13.2 Å². The van der Waals surface area contributed by atoms with Gasteiger partial charge in [-0.2, -0.15) is 0 Å². The van der Waals surface area contributed by atoms with E-state index in [1.165, 1.54) is 12.1 Å². The van der Waals surface area contributed by atoms with Crippen LogP contribution in [0.3, 0.4) is 0 Å². The van der Waals surface area contributed by atoms with Crippen molar-refractivity contribution in [2.24, 2.45) is 0 Å². The molecule has 2 rings (SSSR count). The Morgan fingerprint density at radius 2 is 1.88 bits per heavy atom. The summed E-state index contributed by atoms with van der Waals surface area (Å²) >= 11 is 0. The molecule has 0 aliphatic rings. The molecule has 25 heavy (non-hydrogen) atoms. The number of nitrogens with one attached hydrogen (secondary N) is 1. The van der Waals surface area contributed by atoms with Crippen LogP contribution in [0.4, 0.5) is 0 Å². The Bertz CT molecular complexity index is 921. The number of ether oxygens (including phenoxy) is 1. The van der Waals surface area contributed by atoms with Gasteiger partial charge in [0.25, 0.3) is 5.91 Å². The molecular formula is C18H22N2O4S. The summed E-state index contributed by atoms with van der Waals surface area (Å²) in [5.41, 5.74) is 3.53. The van der Waals surface area contributed by atoms with Crippen LogP contribution in [0.5, 0.6) is 5.75 Å². The normalized spacial score (nSPS) is 11.2. The summed E-state index contributed by atoms with van der Waals surface area (Å²) in [5.74, 6) is 0.401. The summed E-state index contributed by atoms with van der Waals surface area (Å²) < 4.78 is 28.7. The molecule has 0 aliphatic carbocycles. The van der Waals surface area contributed by atoms with Gasteiger partial charge in [-0.15, -0.1) is 0 Å². The average Bonchev–Trinajstić information content (AvgIpc) is 2.53. The molecule has 134 valence electrons. The zero-order valence-electron chi connectivity index (χ0n) is 15.0. The third-order valence-corrected chi connectivity index (χ3v) is 5.16. The third kappa shape index (κ3) is 4.17. The van der Waals surface area contributed by atoms with Crippen LogP contribution in [0.2, 0.25) is 0 Å². The van der Waals surface area contributed by atoms with Crippen LogP contribution in [0.15, 0.2) is 29.3 Å². The number of benzene rings is 1. The molecule has 7 heteroatoms. The Labute approximate surface area is 148 Å².